The van der Waals surface area contributed by atoms with Crippen molar-refractivity contribution in [2.24, 2.45) is 0 Å². The molecule has 36 heavy (non-hydrogen) atoms. The van der Waals surface area contributed by atoms with Crippen molar-refractivity contribution in [2.45, 2.75) is 16.7 Å². The zero-order valence-electron chi connectivity index (χ0n) is 18.1. The molecule has 2 aromatic carbocycles. The van der Waals surface area contributed by atoms with Gasteiger partial charge in [0, 0.05) is 22.1 Å². The van der Waals surface area contributed by atoms with Gasteiger partial charge >= 0.3 is 5.97 Å². The highest BCUT2D eigenvalue weighted by Crippen LogP contribution is 2.45. The summed E-state index contributed by atoms with van der Waals surface area (Å²) in [5.74, 6) is -2.58. The van der Waals surface area contributed by atoms with Gasteiger partial charge in [-0.15, -0.1) is 0 Å². The van der Waals surface area contributed by atoms with Crippen molar-refractivity contribution in [3.05, 3.63) is 58.9 Å². The topological polar surface area (TPSA) is 226 Å². The van der Waals surface area contributed by atoms with E-state index in [1.807, 2.05) is 0 Å². The Bertz CT molecular complexity index is 1870. The number of anilines is 1. The molecule has 0 saturated heterocycles. The summed E-state index contributed by atoms with van der Waals surface area (Å²) in [6, 6.07) is 8.29. The van der Waals surface area contributed by atoms with Crippen molar-refractivity contribution in [3.63, 3.8) is 0 Å². The molecule has 0 aromatic heterocycles. The Morgan fingerprint density at radius 2 is 1.53 bits per heavy atom. The van der Waals surface area contributed by atoms with E-state index in [1.165, 1.54) is 31.2 Å². The van der Waals surface area contributed by atoms with E-state index in [4.69, 9.17) is 15.6 Å². The number of nitrogens with one attached hydrogen (secondary N) is 1. The maximum Gasteiger partial charge on any atom is 0.336 e. The molecule has 0 atom stereocenters. The number of carboxylic acids is 1. The number of fused-ring (bicyclic) bond motifs is 2. The number of hydrogen-bond acceptors (Lipinski definition) is 9. The molecule has 0 unspecified atom stereocenters. The van der Waals surface area contributed by atoms with Crippen LogP contribution in [-0.2, 0) is 20.2 Å². The van der Waals surface area contributed by atoms with E-state index in [-0.39, 0.29) is 27.6 Å². The predicted molar refractivity (Wildman–Crippen MR) is 125 cm³/mol. The van der Waals surface area contributed by atoms with Crippen LogP contribution in [0.5, 0.6) is 0 Å². The second kappa shape index (κ2) is 8.23. The summed E-state index contributed by atoms with van der Waals surface area (Å²) in [5, 5.41) is 17.0. The van der Waals surface area contributed by atoms with Crippen molar-refractivity contribution in [1.82, 2.24) is 0 Å². The molecule has 1 aliphatic heterocycles. The fourth-order valence-electron chi connectivity index (χ4n) is 3.95. The van der Waals surface area contributed by atoms with Crippen LogP contribution in [0.25, 0.3) is 33.4 Å². The van der Waals surface area contributed by atoms with E-state index in [2.05, 4.69) is 0 Å². The van der Waals surface area contributed by atoms with Crippen molar-refractivity contribution in [3.8, 4) is 22.5 Å². The first-order valence-electron chi connectivity index (χ1n) is 9.83. The zero-order chi connectivity index (χ0) is 26.7. The Balaban J connectivity index is 2.37. The molecule has 14 heteroatoms. The van der Waals surface area contributed by atoms with E-state index in [0.717, 1.165) is 18.2 Å². The maximum atomic E-state index is 12.2. The number of ketones is 1. The fraction of sp³-hybridized carbons (Fsp3) is 0.0455. The molecule has 1 heterocycles. The van der Waals surface area contributed by atoms with Gasteiger partial charge in [-0.1, -0.05) is 12.1 Å². The van der Waals surface area contributed by atoms with E-state index in [9.17, 15) is 40.6 Å². The third-order valence-corrected chi connectivity index (χ3v) is 7.30. The van der Waals surface area contributed by atoms with Gasteiger partial charge in [-0.25, -0.2) is 4.79 Å². The third-order valence-electron chi connectivity index (χ3n) is 5.44. The number of rotatable bonds is 5. The Labute approximate surface area is 203 Å². The molecule has 1 aliphatic carbocycles. The molecule has 0 bridgehead atoms. The molecule has 0 spiro atoms. The second-order valence-electron chi connectivity index (χ2n) is 7.73. The quantitative estimate of drug-likeness (QED) is 0.109. The van der Waals surface area contributed by atoms with E-state index < -0.39 is 69.7 Å². The first kappa shape index (κ1) is 25.0. The Hall–Kier alpha value is -4.11. The number of nitrogen functional groups attached to an aromatic ring is 1. The molecule has 6 N–H and O–H groups in total. The minimum absolute atomic E-state index is 0.0559. The van der Waals surface area contributed by atoms with Crippen LogP contribution in [0, 0.1) is 5.41 Å². The molecule has 186 valence electrons. The van der Waals surface area contributed by atoms with Crippen LogP contribution in [0.4, 0.5) is 5.69 Å². The van der Waals surface area contributed by atoms with Gasteiger partial charge in [0.15, 0.2) is 26.9 Å². The van der Waals surface area contributed by atoms with Gasteiger partial charge in [-0.3, -0.25) is 19.3 Å². The Kier molecular flexibility index (Phi) is 5.72. The van der Waals surface area contributed by atoms with E-state index in [0.29, 0.717) is 0 Å². The summed E-state index contributed by atoms with van der Waals surface area (Å²) < 4.78 is 73.8. The molecule has 12 nitrogen and oxygen atoms in total. The average Bonchev–Trinajstić information content (AvgIpc) is 2.74. The lowest BCUT2D eigenvalue weighted by Gasteiger charge is -2.20. The zero-order valence-corrected chi connectivity index (χ0v) is 19.8. The normalized spacial score (nSPS) is 12.2. The van der Waals surface area contributed by atoms with Crippen LogP contribution in [0.3, 0.4) is 0 Å². The van der Waals surface area contributed by atoms with Crippen LogP contribution >= 0.6 is 0 Å². The molecular formula is C22H16N2O10S2. The number of aromatic carboxylic acids is 1. The minimum Gasteiger partial charge on any atom is -0.478 e. The highest BCUT2D eigenvalue weighted by atomic mass is 32.2. The smallest absolute Gasteiger partial charge is 0.336 e. The van der Waals surface area contributed by atoms with Crippen molar-refractivity contribution < 1.29 is 45.1 Å². The van der Waals surface area contributed by atoms with E-state index in [1.54, 1.807) is 0 Å². The van der Waals surface area contributed by atoms with Crippen molar-refractivity contribution in [2.75, 3.05) is 5.73 Å². The summed E-state index contributed by atoms with van der Waals surface area (Å²) in [7, 11) is -10.2. The number of carboxylic acid groups (broad SMARTS) is 1. The fourth-order valence-corrected chi connectivity index (χ4v) is 5.44. The summed E-state index contributed by atoms with van der Waals surface area (Å²) in [5.41, 5.74) is 4.02. The predicted octanol–water partition coefficient (Wildman–Crippen LogP) is 2.66. The van der Waals surface area contributed by atoms with Gasteiger partial charge in [0.2, 0.25) is 0 Å². The molecule has 0 amide bonds. The van der Waals surface area contributed by atoms with E-state index >= 15 is 0 Å². The van der Waals surface area contributed by atoms with Crippen LogP contribution < -0.4 is 11.1 Å². The number of nitrogens with two attached hydrogens (primary N) is 1. The summed E-state index contributed by atoms with van der Waals surface area (Å²) in [6.07, 6.45) is 0. The molecule has 2 aliphatic rings. The van der Waals surface area contributed by atoms with Gasteiger partial charge in [0.05, 0.1) is 16.6 Å². The molecule has 4 rings (SSSR count). The lowest BCUT2D eigenvalue weighted by Crippen LogP contribution is -2.16. The lowest BCUT2D eigenvalue weighted by atomic mass is 9.89. The Morgan fingerprint density at radius 1 is 0.917 bits per heavy atom. The molecule has 0 saturated carbocycles. The number of Topliss-reactive ketones (excluding diaryl/α,β-unsaturated/α-hetero) is 1. The van der Waals surface area contributed by atoms with Gasteiger partial charge in [0.25, 0.3) is 20.2 Å². The average molecular weight is 533 g/mol. The van der Waals surface area contributed by atoms with Gasteiger partial charge in [-0.2, -0.15) is 16.8 Å². The maximum absolute atomic E-state index is 12.2. The molecule has 2 aromatic rings. The Morgan fingerprint density at radius 3 is 2.08 bits per heavy atom. The highest BCUT2D eigenvalue weighted by molar-refractivity contribution is 7.86. The number of carbonyl (C=O) groups is 2. The largest absolute Gasteiger partial charge is 0.478 e. The van der Waals surface area contributed by atoms with Crippen molar-refractivity contribution >= 4 is 48.6 Å². The lowest BCUT2D eigenvalue weighted by molar-refractivity contribution is 0.0697. The summed E-state index contributed by atoms with van der Waals surface area (Å²) in [4.78, 5) is 22.0. The monoisotopic (exact) mass is 532 g/mol. The SMILES string of the molecule is CC(=O)c1ccc(-c2c3ccc(=N)c(S(=O)(=O)O)c-3oc3c(S(=O)(=O)O)c(N)ccc23)c(C(=O)O)c1. The standard InChI is InChI=1S/C22H16N2O10S2/c1-9(25)10-2-3-11(14(8-10)22(26)27)17-12-4-6-15(23)20(35(28,29)30)18(12)34-19-13(17)5-7-16(24)21(19)36(31,32)33/h2-8,23H,24H2,1H3,(H,26,27)(H,28,29,30)(H,31,32,33). The van der Waals surface area contributed by atoms with Crippen LogP contribution in [0.15, 0.2) is 56.7 Å². The van der Waals surface area contributed by atoms with Crippen LogP contribution in [-0.4, -0.2) is 42.8 Å². The first-order valence-corrected chi connectivity index (χ1v) is 12.7. The first-order chi connectivity index (χ1) is 16.6. The molecule has 0 fully saturated rings. The van der Waals surface area contributed by atoms with Crippen molar-refractivity contribution in [1.29, 1.82) is 5.41 Å². The van der Waals surface area contributed by atoms with Gasteiger partial charge < -0.3 is 15.3 Å². The number of hydrogen-bond donors (Lipinski definition) is 5. The molecule has 0 radical (unpaired) electrons. The summed E-state index contributed by atoms with van der Waals surface area (Å²) in [6.45, 7) is 1.22. The van der Waals surface area contributed by atoms with Crippen LogP contribution in [0.2, 0.25) is 0 Å². The third kappa shape index (κ3) is 4.01. The van der Waals surface area contributed by atoms with Gasteiger partial charge in [0.1, 0.15) is 0 Å². The summed E-state index contributed by atoms with van der Waals surface area (Å²) >= 11 is 0. The second-order valence-corrected chi connectivity index (χ2v) is 10.4. The van der Waals surface area contributed by atoms with Crippen LogP contribution in [0.1, 0.15) is 27.6 Å². The molecular weight excluding hydrogens is 516 g/mol. The number of carbonyl (C=O) groups excluding carboxylic acids is 1. The highest BCUT2D eigenvalue weighted by Gasteiger charge is 2.31. The minimum atomic E-state index is -5.12. The van der Waals surface area contributed by atoms with Gasteiger partial charge in [-0.05, 0) is 42.8 Å². The number of benzene rings is 3.